The summed E-state index contributed by atoms with van der Waals surface area (Å²) in [6.45, 7) is 1.04. The Bertz CT molecular complexity index is 895. The Kier molecular flexibility index (Phi) is 6.01. The fourth-order valence-corrected chi connectivity index (χ4v) is 2.62. The Hall–Kier alpha value is -3.11. The zero-order chi connectivity index (χ0) is 18.2. The molecule has 26 heavy (non-hydrogen) atoms. The van der Waals surface area contributed by atoms with Crippen molar-refractivity contribution in [2.24, 2.45) is 0 Å². The highest BCUT2D eigenvalue weighted by Crippen LogP contribution is 2.20. The number of carbonyl (C=O) groups excluding carboxylic acids is 1. The van der Waals surface area contributed by atoms with E-state index in [1.165, 1.54) is 0 Å². The Morgan fingerprint density at radius 1 is 0.962 bits per heavy atom. The first kappa shape index (κ1) is 17.7. The number of benzene rings is 3. The van der Waals surface area contributed by atoms with Gasteiger partial charge in [0.15, 0.2) is 0 Å². The van der Waals surface area contributed by atoms with Crippen LogP contribution in [-0.4, -0.2) is 26.2 Å². The van der Waals surface area contributed by atoms with E-state index >= 15 is 0 Å². The lowest BCUT2D eigenvalue weighted by molar-refractivity contribution is -0.111. The van der Waals surface area contributed by atoms with Gasteiger partial charge >= 0.3 is 0 Å². The van der Waals surface area contributed by atoms with Gasteiger partial charge in [0.2, 0.25) is 5.91 Å². The third kappa shape index (κ3) is 4.71. The molecule has 1 amide bonds. The second-order valence-corrected chi connectivity index (χ2v) is 5.76. The highest BCUT2D eigenvalue weighted by molar-refractivity contribution is 6.03. The molecule has 132 valence electrons. The second kappa shape index (κ2) is 8.83. The molecule has 0 atom stereocenters. The largest absolute Gasteiger partial charge is 0.491 e. The average Bonchev–Trinajstić information content (AvgIpc) is 2.68. The van der Waals surface area contributed by atoms with E-state index in [2.05, 4.69) is 23.5 Å². The number of amides is 1. The number of hydrogen-bond acceptors (Lipinski definition) is 3. The SMILES string of the molecule is COCCOc1ccc(NC(=O)/C=C/c2cccc3ccccc23)cc1. The average molecular weight is 347 g/mol. The van der Waals surface area contributed by atoms with Crippen molar-refractivity contribution in [3.8, 4) is 5.75 Å². The lowest BCUT2D eigenvalue weighted by Gasteiger charge is -2.07. The molecule has 0 aliphatic heterocycles. The van der Waals surface area contributed by atoms with Crippen LogP contribution in [0.2, 0.25) is 0 Å². The first-order valence-electron chi connectivity index (χ1n) is 8.45. The molecule has 0 spiro atoms. The van der Waals surface area contributed by atoms with Gasteiger partial charge in [-0.15, -0.1) is 0 Å². The minimum absolute atomic E-state index is 0.175. The van der Waals surface area contributed by atoms with Crippen molar-refractivity contribution in [2.75, 3.05) is 25.6 Å². The van der Waals surface area contributed by atoms with Gasteiger partial charge < -0.3 is 14.8 Å². The van der Waals surface area contributed by atoms with Gasteiger partial charge in [-0.05, 0) is 46.7 Å². The molecule has 0 heterocycles. The van der Waals surface area contributed by atoms with E-state index in [0.29, 0.717) is 13.2 Å². The number of carbonyl (C=O) groups is 1. The molecule has 0 saturated heterocycles. The molecule has 3 aromatic rings. The van der Waals surface area contributed by atoms with Crippen molar-refractivity contribution in [1.82, 2.24) is 0 Å². The van der Waals surface area contributed by atoms with Crippen LogP contribution >= 0.6 is 0 Å². The number of ether oxygens (including phenoxy) is 2. The van der Waals surface area contributed by atoms with Crippen molar-refractivity contribution >= 4 is 28.4 Å². The Morgan fingerprint density at radius 2 is 1.73 bits per heavy atom. The molecule has 0 aromatic heterocycles. The molecule has 0 aliphatic carbocycles. The van der Waals surface area contributed by atoms with Gasteiger partial charge in [0.25, 0.3) is 0 Å². The van der Waals surface area contributed by atoms with Gasteiger partial charge in [-0.2, -0.15) is 0 Å². The first-order valence-corrected chi connectivity index (χ1v) is 8.45. The quantitative estimate of drug-likeness (QED) is 0.505. The van der Waals surface area contributed by atoms with Crippen molar-refractivity contribution < 1.29 is 14.3 Å². The van der Waals surface area contributed by atoms with E-state index in [1.54, 1.807) is 13.2 Å². The molecule has 0 aliphatic rings. The number of rotatable bonds is 7. The van der Waals surface area contributed by atoms with Crippen LogP contribution in [0.25, 0.3) is 16.8 Å². The Balaban J connectivity index is 1.62. The molecule has 3 aromatic carbocycles. The first-order chi connectivity index (χ1) is 12.8. The Morgan fingerprint density at radius 3 is 2.54 bits per heavy atom. The Labute approximate surface area is 153 Å². The van der Waals surface area contributed by atoms with E-state index in [4.69, 9.17) is 9.47 Å². The molecule has 0 saturated carbocycles. The monoisotopic (exact) mass is 347 g/mol. The van der Waals surface area contributed by atoms with E-state index < -0.39 is 0 Å². The smallest absolute Gasteiger partial charge is 0.248 e. The number of fused-ring (bicyclic) bond motifs is 1. The highest BCUT2D eigenvalue weighted by atomic mass is 16.5. The summed E-state index contributed by atoms with van der Waals surface area (Å²) in [6.07, 6.45) is 3.38. The molecule has 0 fully saturated rings. The van der Waals surface area contributed by atoms with Crippen molar-refractivity contribution in [1.29, 1.82) is 0 Å². The normalized spacial score (nSPS) is 11.0. The summed E-state index contributed by atoms with van der Waals surface area (Å²) in [7, 11) is 1.63. The maximum Gasteiger partial charge on any atom is 0.248 e. The lowest BCUT2D eigenvalue weighted by atomic mass is 10.0. The van der Waals surface area contributed by atoms with Gasteiger partial charge in [0.1, 0.15) is 12.4 Å². The molecule has 4 heteroatoms. The third-order valence-electron chi connectivity index (χ3n) is 3.92. The second-order valence-electron chi connectivity index (χ2n) is 5.76. The van der Waals surface area contributed by atoms with Crippen molar-refractivity contribution in [3.05, 3.63) is 78.4 Å². The van der Waals surface area contributed by atoms with Crippen LogP contribution in [0, 0.1) is 0 Å². The van der Waals surface area contributed by atoms with Crippen LogP contribution in [-0.2, 0) is 9.53 Å². The fraction of sp³-hybridized carbons (Fsp3) is 0.136. The van der Waals surface area contributed by atoms with Crippen LogP contribution in [0.4, 0.5) is 5.69 Å². The van der Waals surface area contributed by atoms with E-state index in [0.717, 1.165) is 27.8 Å². The molecule has 0 bridgehead atoms. The minimum Gasteiger partial charge on any atom is -0.491 e. The van der Waals surface area contributed by atoms with Gasteiger partial charge in [-0.25, -0.2) is 0 Å². The summed E-state index contributed by atoms with van der Waals surface area (Å²) in [6, 6.07) is 21.4. The fourth-order valence-electron chi connectivity index (χ4n) is 2.62. The zero-order valence-corrected chi connectivity index (χ0v) is 14.6. The number of methoxy groups -OCH3 is 1. The lowest BCUT2D eigenvalue weighted by Crippen LogP contribution is -2.08. The van der Waals surface area contributed by atoms with Crippen LogP contribution in [0.1, 0.15) is 5.56 Å². The number of hydrogen-bond donors (Lipinski definition) is 1. The third-order valence-corrected chi connectivity index (χ3v) is 3.92. The summed E-state index contributed by atoms with van der Waals surface area (Å²) < 4.78 is 10.4. The van der Waals surface area contributed by atoms with Gasteiger partial charge in [0, 0.05) is 18.9 Å². The molecule has 1 N–H and O–H groups in total. The number of nitrogens with one attached hydrogen (secondary N) is 1. The van der Waals surface area contributed by atoms with Crippen LogP contribution in [0.5, 0.6) is 5.75 Å². The standard InChI is InChI=1S/C22H21NO3/c1-25-15-16-26-20-12-10-19(11-13-20)23-22(24)14-9-18-7-4-6-17-5-2-3-8-21(17)18/h2-14H,15-16H2,1H3,(H,23,24)/b14-9+. The van der Waals surface area contributed by atoms with E-state index in [-0.39, 0.29) is 5.91 Å². The predicted molar refractivity (Wildman–Crippen MR) is 105 cm³/mol. The van der Waals surface area contributed by atoms with Crippen LogP contribution in [0.15, 0.2) is 72.8 Å². The zero-order valence-electron chi connectivity index (χ0n) is 14.6. The molecule has 0 radical (unpaired) electrons. The summed E-state index contributed by atoms with van der Waals surface area (Å²) in [4.78, 5) is 12.2. The highest BCUT2D eigenvalue weighted by Gasteiger charge is 2.01. The summed E-state index contributed by atoms with van der Waals surface area (Å²) in [5.41, 5.74) is 1.73. The molecule has 3 rings (SSSR count). The number of anilines is 1. The summed E-state index contributed by atoms with van der Waals surface area (Å²) >= 11 is 0. The topological polar surface area (TPSA) is 47.6 Å². The van der Waals surface area contributed by atoms with Gasteiger partial charge in [-0.3, -0.25) is 4.79 Å². The maximum atomic E-state index is 12.2. The van der Waals surface area contributed by atoms with Crippen LogP contribution in [0.3, 0.4) is 0 Å². The minimum atomic E-state index is -0.175. The van der Waals surface area contributed by atoms with E-state index in [9.17, 15) is 4.79 Å². The van der Waals surface area contributed by atoms with Crippen molar-refractivity contribution in [2.45, 2.75) is 0 Å². The van der Waals surface area contributed by atoms with Gasteiger partial charge in [-0.1, -0.05) is 42.5 Å². The summed E-state index contributed by atoms with van der Waals surface area (Å²) in [5, 5.41) is 5.12. The maximum absolute atomic E-state index is 12.2. The van der Waals surface area contributed by atoms with Crippen molar-refractivity contribution in [3.63, 3.8) is 0 Å². The molecular formula is C22H21NO3. The van der Waals surface area contributed by atoms with Gasteiger partial charge in [0.05, 0.1) is 6.61 Å². The van der Waals surface area contributed by atoms with Crippen LogP contribution < -0.4 is 10.1 Å². The van der Waals surface area contributed by atoms with E-state index in [1.807, 2.05) is 54.6 Å². The molecule has 4 nitrogen and oxygen atoms in total. The summed E-state index contributed by atoms with van der Waals surface area (Å²) in [5.74, 6) is 0.567. The molecular weight excluding hydrogens is 326 g/mol. The predicted octanol–water partition coefficient (Wildman–Crippen LogP) is 4.52. The molecule has 0 unspecified atom stereocenters.